The highest BCUT2D eigenvalue weighted by atomic mass is 35.5. The van der Waals surface area contributed by atoms with Gasteiger partial charge in [0.2, 0.25) is 5.91 Å². The number of likely N-dealkylation sites (tertiary alicyclic amines) is 1. The molecule has 0 aliphatic carbocycles. The number of carbonyl (C=O) groups is 1. The smallest absolute Gasteiger partial charge is 0.222 e. The molecule has 1 rings (SSSR count). The Morgan fingerprint density at radius 3 is 2.81 bits per heavy atom. The molecule has 1 fully saturated rings. The third-order valence-corrected chi connectivity index (χ3v) is 4.30. The van der Waals surface area contributed by atoms with E-state index in [4.69, 9.17) is 11.6 Å². The SMILES string of the molecule is C=C(C)NC(C)=N/C=C(Cl)\C(=C\CCC)NCCCN1CCCCC1=O. The molecule has 6 heteroatoms. The number of nitrogens with one attached hydrogen (secondary N) is 2. The van der Waals surface area contributed by atoms with Crippen LogP contribution in [0.1, 0.15) is 59.3 Å². The first-order valence-corrected chi connectivity index (χ1v) is 9.86. The molecule has 1 aliphatic rings. The molecule has 1 aliphatic heterocycles. The number of allylic oxidation sites excluding steroid dienone is 3. The van der Waals surface area contributed by atoms with Gasteiger partial charge in [-0.15, -0.1) is 0 Å². The molecule has 0 bridgehead atoms. The average molecular weight is 381 g/mol. The zero-order valence-corrected chi connectivity index (χ0v) is 17.2. The summed E-state index contributed by atoms with van der Waals surface area (Å²) in [5.41, 5.74) is 1.73. The fraction of sp³-hybridized carbons (Fsp3) is 0.600. The highest BCUT2D eigenvalue weighted by Gasteiger charge is 2.16. The van der Waals surface area contributed by atoms with Gasteiger partial charge in [-0.05, 0) is 39.5 Å². The zero-order chi connectivity index (χ0) is 19.4. The van der Waals surface area contributed by atoms with Gasteiger partial charge in [0.05, 0.1) is 10.7 Å². The number of hydrogen-bond acceptors (Lipinski definition) is 3. The fourth-order valence-electron chi connectivity index (χ4n) is 2.70. The van der Waals surface area contributed by atoms with Crippen molar-refractivity contribution in [3.63, 3.8) is 0 Å². The quantitative estimate of drug-likeness (QED) is 0.257. The fourth-order valence-corrected chi connectivity index (χ4v) is 2.89. The summed E-state index contributed by atoms with van der Waals surface area (Å²) >= 11 is 6.42. The molecule has 1 saturated heterocycles. The molecular weight excluding hydrogens is 348 g/mol. The van der Waals surface area contributed by atoms with E-state index in [-0.39, 0.29) is 5.91 Å². The highest BCUT2D eigenvalue weighted by molar-refractivity contribution is 6.31. The van der Waals surface area contributed by atoms with Crippen LogP contribution in [0.25, 0.3) is 0 Å². The summed E-state index contributed by atoms with van der Waals surface area (Å²) in [7, 11) is 0. The maximum absolute atomic E-state index is 11.8. The lowest BCUT2D eigenvalue weighted by Crippen LogP contribution is -2.37. The molecule has 0 spiro atoms. The van der Waals surface area contributed by atoms with Crippen LogP contribution in [0.4, 0.5) is 0 Å². The predicted molar refractivity (Wildman–Crippen MR) is 111 cm³/mol. The van der Waals surface area contributed by atoms with Gasteiger partial charge in [-0.1, -0.05) is 37.6 Å². The number of aliphatic imine (C=N–C) groups is 1. The first-order valence-electron chi connectivity index (χ1n) is 9.48. The van der Waals surface area contributed by atoms with Crippen molar-refractivity contribution in [2.75, 3.05) is 19.6 Å². The Kier molecular flexibility index (Phi) is 10.8. The van der Waals surface area contributed by atoms with Crippen LogP contribution in [0.5, 0.6) is 0 Å². The molecule has 0 aromatic rings. The summed E-state index contributed by atoms with van der Waals surface area (Å²) in [6, 6.07) is 0. The van der Waals surface area contributed by atoms with E-state index >= 15 is 0 Å². The van der Waals surface area contributed by atoms with Crippen molar-refractivity contribution in [3.05, 3.63) is 35.3 Å². The van der Waals surface area contributed by atoms with Crippen LogP contribution in [0.3, 0.4) is 0 Å². The molecule has 0 unspecified atom stereocenters. The topological polar surface area (TPSA) is 56.7 Å². The molecule has 26 heavy (non-hydrogen) atoms. The van der Waals surface area contributed by atoms with Gasteiger partial charge < -0.3 is 15.5 Å². The maximum atomic E-state index is 11.8. The van der Waals surface area contributed by atoms with Crippen molar-refractivity contribution in [2.45, 2.75) is 59.3 Å². The summed E-state index contributed by atoms with van der Waals surface area (Å²) < 4.78 is 0. The predicted octanol–water partition coefficient (Wildman–Crippen LogP) is 4.28. The molecule has 2 N–H and O–H groups in total. The molecule has 5 nitrogen and oxygen atoms in total. The first kappa shape index (κ1) is 22.3. The normalized spacial score (nSPS) is 16.7. The highest BCUT2D eigenvalue weighted by Crippen LogP contribution is 2.14. The summed E-state index contributed by atoms with van der Waals surface area (Å²) in [4.78, 5) is 18.1. The Morgan fingerprint density at radius 1 is 1.38 bits per heavy atom. The van der Waals surface area contributed by atoms with Crippen molar-refractivity contribution in [1.82, 2.24) is 15.5 Å². The zero-order valence-electron chi connectivity index (χ0n) is 16.4. The van der Waals surface area contributed by atoms with E-state index in [1.165, 1.54) is 0 Å². The van der Waals surface area contributed by atoms with Gasteiger partial charge in [0, 0.05) is 38.0 Å². The Morgan fingerprint density at radius 2 is 2.15 bits per heavy atom. The Labute approximate surface area is 163 Å². The molecule has 0 atom stereocenters. The largest absolute Gasteiger partial charge is 0.384 e. The minimum atomic E-state index is 0.283. The number of halogens is 1. The molecule has 0 aromatic heterocycles. The molecule has 0 aromatic carbocycles. The van der Waals surface area contributed by atoms with Gasteiger partial charge in [-0.2, -0.15) is 0 Å². The molecule has 0 radical (unpaired) electrons. The summed E-state index contributed by atoms with van der Waals surface area (Å²) in [6.45, 7) is 12.1. The van der Waals surface area contributed by atoms with E-state index in [1.54, 1.807) is 6.20 Å². The second-order valence-corrected chi connectivity index (χ2v) is 7.03. The average Bonchev–Trinajstić information content (AvgIpc) is 2.60. The van der Waals surface area contributed by atoms with E-state index in [0.29, 0.717) is 11.5 Å². The number of hydrogen-bond donors (Lipinski definition) is 2. The maximum Gasteiger partial charge on any atom is 0.222 e. The molecular formula is C20H33ClN4O. The van der Waals surface area contributed by atoms with Gasteiger partial charge in [-0.3, -0.25) is 4.79 Å². The van der Waals surface area contributed by atoms with Crippen LogP contribution in [0.2, 0.25) is 0 Å². The molecule has 1 heterocycles. The number of carbonyl (C=O) groups excluding carboxylic acids is 1. The summed E-state index contributed by atoms with van der Waals surface area (Å²) in [5.74, 6) is 1.03. The number of unbranched alkanes of at least 4 members (excludes halogenated alkanes) is 1. The first-order chi connectivity index (χ1) is 12.4. The Hall–Kier alpha value is -1.75. The van der Waals surface area contributed by atoms with Crippen LogP contribution in [0, 0.1) is 0 Å². The second-order valence-electron chi connectivity index (χ2n) is 6.62. The van der Waals surface area contributed by atoms with Crippen LogP contribution >= 0.6 is 11.6 Å². The van der Waals surface area contributed by atoms with Crippen molar-refractivity contribution in [2.24, 2.45) is 4.99 Å². The monoisotopic (exact) mass is 380 g/mol. The number of piperidine rings is 1. The van der Waals surface area contributed by atoms with Crippen LogP contribution < -0.4 is 10.6 Å². The van der Waals surface area contributed by atoms with E-state index in [2.05, 4.69) is 35.2 Å². The van der Waals surface area contributed by atoms with E-state index in [9.17, 15) is 4.79 Å². The third kappa shape index (κ3) is 9.09. The lowest BCUT2D eigenvalue weighted by Gasteiger charge is -2.26. The van der Waals surface area contributed by atoms with Crippen molar-refractivity contribution < 1.29 is 4.79 Å². The Bertz CT molecular complexity index is 566. The van der Waals surface area contributed by atoms with Gasteiger partial charge in [0.1, 0.15) is 5.84 Å². The van der Waals surface area contributed by atoms with Crippen LogP contribution in [-0.4, -0.2) is 36.3 Å². The van der Waals surface area contributed by atoms with Gasteiger partial charge in [0.15, 0.2) is 0 Å². The number of amidine groups is 1. The minimum absolute atomic E-state index is 0.283. The Balaban J connectivity index is 2.54. The minimum Gasteiger partial charge on any atom is -0.384 e. The van der Waals surface area contributed by atoms with E-state index in [0.717, 1.165) is 69.0 Å². The lowest BCUT2D eigenvalue weighted by atomic mass is 10.1. The third-order valence-electron chi connectivity index (χ3n) is 4.00. The van der Waals surface area contributed by atoms with E-state index in [1.807, 2.05) is 18.7 Å². The van der Waals surface area contributed by atoms with Crippen molar-refractivity contribution in [1.29, 1.82) is 0 Å². The summed E-state index contributed by atoms with van der Waals surface area (Å²) in [5, 5.41) is 7.02. The van der Waals surface area contributed by atoms with Crippen LogP contribution in [-0.2, 0) is 4.79 Å². The number of nitrogens with zero attached hydrogens (tertiary/aromatic N) is 2. The number of amides is 1. The standard InChI is InChI=1S/C20H33ClN4O/c1-5-6-10-19(18(21)15-23-17(4)24-16(2)3)22-12-9-14-25-13-8-7-11-20(25)26/h10,15,22H,2,5-9,11-14H2,1,3-4H3,(H,23,24)/b18-15+,19-10-. The summed E-state index contributed by atoms with van der Waals surface area (Å²) in [6.07, 6.45) is 9.49. The molecule has 1 amide bonds. The van der Waals surface area contributed by atoms with Crippen molar-refractivity contribution >= 4 is 23.3 Å². The molecule has 146 valence electrons. The van der Waals surface area contributed by atoms with Crippen molar-refractivity contribution in [3.8, 4) is 0 Å². The lowest BCUT2D eigenvalue weighted by molar-refractivity contribution is -0.133. The number of rotatable bonds is 10. The van der Waals surface area contributed by atoms with E-state index < -0.39 is 0 Å². The molecule has 0 saturated carbocycles. The second kappa shape index (κ2) is 12.6. The van der Waals surface area contributed by atoms with Gasteiger partial charge in [-0.25, -0.2) is 4.99 Å². The van der Waals surface area contributed by atoms with Crippen LogP contribution in [0.15, 0.2) is 40.3 Å². The van der Waals surface area contributed by atoms with Gasteiger partial charge in [0.25, 0.3) is 0 Å². The van der Waals surface area contributed by atoms with Gasteiger partial charge >= 0.3 is 0 Å².